The molecule has 3 saturated heterocycles. The van der Waals surface area contributed by atoms with E-state index in [0.29, 0.717) is 0 Å². The molecule has 0 bridgehead atoms. The fourth-order valence-corrected chi connectivity index (χ4v) is 5.14. The van der Waals surface area contributed by atoms with Crippen molar-refractivity contribution < 1.29 is 105 Å². The van der Waals surface area contributed by atoms with Crippen LogP contribution in [0.15, 0.2) is 0 Å². The van der Waals surface area contributed by atoms with Gasteiger partial charge in [0.2, 0.25) is 0 Å². The minimum atomic E-state index is -2.08. The largest absolute Gasteiger partial charge is 0.394 e. The van der Waals surface area contributed by atoms with E-state index in [1.54, 1.807) is 0 Å². The van der Waals surface area contributed by atoms with Crippen LogP contribution in [0.3, 0.4) is 0 Å². The van der Waals surface area contributed by atoms with Gasteiger partial charge in [-0.05, 0) is 0 Å². The van der Waals surface area contributed by atoms with E-state index in [0.717, 1.165) is 0 Å². The SMILES string of the molecule is OC[C@@H](O)[C@H](O[C@H]1O[C@H](CO)[C@@H](O[C@H]2O[C@H](CO)[C@@H](O[C@H]3O[C@H](CO)[C@@H](O)[C@H](O)[C@H]3O)[C@H](O)[C@H]2O)[C@H](O)[C@H]1O)[C@@H](O)[C@@H](O)CO. The zero-order valence-electron chi connectivity index (χ0n) is 23.7. The molecule has 3 heterocycles. The smallest absolute Gasteiger partial charge is 0.187 e. The third-order valence-electron chi connectivity index (χ3n) is 7.85. The Balaban J connectivity index is 1.72. The molecule has 45 heavy (non-hydrogen) atoms. The van der Waals surface area contributed by atoms with Crippen molar-refractivity contribution >= 4 is 0 Å². The first-order valence-corrected chi connectivity index (χ1v) is 14.0. The van der Waals surface area contributed by atoms with Gasteiger partial charge in [-0.1, -0.05) is 0 Å². The Kier molecular flexibility index (Phi) is 14.6. The molecule has 3 aliphatic rings. The molecule has 0 spiro atoms. The van der Waals surface area contributed by atoms with E-state index in [1.807, 2.05) is 0 Å². The molecule has 21 nitrogen and oxygen atoms in total. The fourth-order valence-electron chi connectivity index (χ4n) is 5.14. The predicted molar refractivity (Wildman–Crippen MR) is 136 cm³/mol. The molecule has 0 aromatic carbocycles. The maximum Gasteiger partial charge on any atom is 0.187 e. The number of hydrogen-bond acceptors (Lipinski definition) is 21. The Morgan fingerprint density at radius 3 is 1.31 bits per heavy atom. The van der Waals surface area contributed by atoms with Gasteiger partial charge >= 0.3 is 0 Å². The summed E-state index contributed by atoms with van der Waals surface area (Å²) in [5.41, 5.74) is 0. The zero-order chi connectivity index (χ0) is 33.7. The standard InChI is InChI=1S/C24H44O21/c25-1-6(30)11(32)19(7(31)2-26)43-23-17(38)14(35)21(9(4-28)41-23)45-24-18(39)15(36)20(10(5-29)42-24)44-22-16(37)13(34)12(33)8(3-27)40-22/h6-39H,1-5H2/t6-,7+,8+,9+,10+,11-,12+,13-,14+,15+,16+,17+,18+,19-,20+,21+,22+,23+,24+/m0/s1. The molecule has 266 valence electrons. The summed E-state index contributed by atoms with van der Waals surface area (Å²) < 4.78 is 32.4. The third-order valence-corrected chi connectivity index (χ3v) is 7.85. The average molecular weight is 669 g/mol. The molecular formula is C24H44O21. The van der Waals surface area contributed by atoms with Crippen molar-refractivity contribution in [3.63, 3.8) is 0 Å². The van der Waals surface area contributed by atoms with Gasteiger partial charge < -0.3 is 105 Å². The van der Waals surface area contributed by atoms with Crippen LogP contribution < -0.4 is 0 Å². The second kappa shape index (κ2) is 17.0. The van der Waals surface area contributed by atoms with Crippen LogP contribution >= 0.6 is 0 Å². The van der Waals surface area contributed by atoms with Gasteiger partial charge in [-0.3, -0.25) is 0 Å². The molecule has 0 aromatic rings. The monoisotopic (exact) mass is 668 g/mol. The normalized spacial score (nSPS) is 45.5. The Morgan fingerprint density at radius 2 is 0.867 bits per heavy atom. The van der Waals surface area contributed by atoms with Gasteiger partial charge in [0, 0.05) is 0 Å². The van der Waals surface area contributed by atoms with Crippen LogP contribution in [-0.2, 0) is 28.4 Å². The highest BCUT2D eigenvalue weighted by molar-refractivity contribution is 4.97. The van der Waals surface area contributed by atoms with E-state index in [9.17, 15) is 71.5 Å². The summed E-state index contributed by atoms with van der Waals surface area (Å²) in [5.74, 6) is 0. The molecule has 0 unspecified atom stereocenters. The highest BCUT2D eigenvalue weighted by atomic mass is 16.8. The number of hydrogen-bond donors (Lipinski definition) is 15. The summed E-state index contributed by atoms with van der Waals surface area (Å²) in [6.45, 7) is -4.63. The first kappa shape index (κ1) is 38.6. The van der Waals surface area contributed by atoms with Crippen LogP contribution in [0.1, 0.15) is 0 Å². The van der Waals surface area contributed by atoms with Crippen LogP contribution in [-0.4, -0.2) is 226 Å². The molecule has 3 fully saturated rings. The topological polar surface area (TPSA) is 359 Å². The molecule has 0 saturated carbocycles. The van der Waals surface area contributed by atoms with Crippen molar-refractivity contribution in [3.05, 3.63) is 0 Å². The summed E-state index contributed by atoms with van der Waals surface area (Å²) in [4.78, 5) is 0. The summed E-state index contributed by atoms with van der Waals surface area (Å²) in [6, 6.07) is 0. The molecule has 15 N–H and O–H groups in total. The van der Waals surface area contributed by atoms with Crippen molar-refractivity contribution in [3.8, 4) is 0 Å². The minimum Gasteiger partial charge on any atom is -0.394 e. The second-order valence-electron chi connectivity index (χ2n) is 10.9. The Labute approximate surface area is 255 Å². The maximum absolute atomic E-state index is 10.8. The van der Waals surface area contributed by atoms with Gasteiger partial charge in [-0.15, -0.1) is 0 Å². The van der Waals surface area contributed by atoms with E-state index in [1.165, 1.54) is 0 Å². The summed E-state index contributed by atoms with van der Waals surface area (Å²) in [5, 5.41) is 151. The van der Waals surface area contributed by atoms with Gasteiger partial charge in [0.1, 0.15) is 97.7 Å². The van der Waals surface area contributed by atoms with Crippen LogP contribution in [0.4, 0.5) is 0 Å². The molecule has 0 aromatic heterocycles. The van der Waals surface area contributed by atoms with Gasteiger partial charge in [0.05, 0.1) is 33.0 Å². The van der Waals surface area contributed by atoms with Crippen molar-refractivity contribution in [2.75, 3.05) is 33.0 Å². The van der Waals surface area contributed by atoms with E-state index in [-0.39, 0.29) is 0 Å². The summed E-state index contributed by atoms with van der Waals surface area (Å²) in [6.07, 6.45) is -34.8. The zero-order valence-corrected chi connectivity index (χ0v) is 23.7. The van der Waals surface area contributed by atoms with Crippen LogP contribution in [0.5, 0.6) is 0 Å². The average Bonchev–Trinajstić information content (AvgIpc) is 3.04. The predicted octanol–water partition coefficient (Wildman–Crippen LogP) is -10.1. The molecule has 3 aliphatic heterocycles. The van der Waals surface area contributed by atoms with Crippen molar-refractivity contribution in [1.82, 2.24) is 0 Å². The third kappa shape index (κ3) is 8.43. The Hall–Kier alpha value is -0.840. The second-order valence-corrected chi connectivity index (χ2v) is 10.9. The number of aliphatic hydroxyl groups is 15. The lowest BCUT2D eigenvalue weighted by atomic mass is 9.96. The van der Waals surface area contributed by atoms with Gasteiger partial charge in [-0.25, -0.2) is 0 Å². The summed E-state index contributed by atoms with van der Waals surface area (Å²) in [7, 11) is 0. The molecule has 0 amide bonds. The Morgan fingerprint density at radius 1 is 0.467 bits per heavy atom. The highest BCUT2D eigenvalue weighted by Gasteiger charge is 2.54. The van der Waals surface area contributed by atoms with Gasteiger partial charge in [-0.2, -0.15) is 0 Å². The highest BCUT2D eigenvalue weighted by Crippen LogP contribution is 2.33. The quantitative estimate of drug-likeness (QED) is 0.0816. The van der Waals surface area contributed by atoms with E-state index in [4.69, 9.17) is 33.5 Å². The number of aliphatic hydroxyl groups excluding tert-OH is 15. The van der Waals surface area contributed by atoms with Crippen LogP contribution in [0, 0.1) is 0 Å². The lowest BCUT2D eigenvalue weighted by Crippen LogP contribution is -2.67. The lowest BCUT2D eigenvalue weighted by molar-refractivity contribution is -0.383. The molecular weight excluding hydrogens is 624 g/mol. The fraction of sp³-hybridized carbons (Fsp3) is 1.00. The molecule has 19 atom stereocenters. The van der Waals surface area contributed by atoms with E-state index < -0.39 is 150 Å². The first-order valence-electron chi connectivity index (χ1n) is 14.0. The molecule has 21 heteroatoms. The van der Waals surface area contributed by atoms with Gasteiger partial charge in [0.25, 0.3) is 0 Å². The molecule has 0 aliphatic carbocycles. The van der Waals surface area contributed by atoms with E-state index >= 15 is 0 Å². The minimum absolute atomic E-state index is 0.792. The van der Waals surface area contributed by atoms with Crippen molar-refractivity contribution in [2.45, 2.75) is 117 Å². The maximum atomic E-state index is 10.8. The Bertz CT molecular complexity index is 867. The van der Waals surface area contributed by atoms with Crippen molar-refractivity contribution in [2.24, 2.45) is 0 Å². The van der Waals surface area contributed by atoms with Crippen LogP contribution in [0.2, 0.25) is 0 Å². The first-order chi connectivity index (χ1) is 21.2. The van der Waals surface area contributed by atoms with Crippen LogP contribution in [0.25, 0.3) is 0 Å². The number of ether oxygens (including phenoxy) is 6. The lowest BCUT2D eigenvalue weighted by Gasteiger charge is -2.48. The summed E-state index contributed by atoms with van der Waals surface area (Å²) >= 11 is 0. The molecule has 3 rings (SSSR count). The van der Waals surface area contributed by atoms with Gasteiger partial charge in [0.15, 0.2) is 18.9 Å². The molecule has 0 radical (unpaired) electrons. The van der Waals surface area contributed by atoms with E-state index in [2.05, 4.69) is 0 Å². The number of rotatable bonds is 14. The van der Waals surface area contributed by atoms with Crippen molar-refractivity contribution in [1.29, 1.82) is 0 Å².